The fourth-order valence-electron chi connectivity index (χ4n) is 1.79. The summed E-state index contributed by atoms with van der Waals surface area (Å²) in [5.41, 5.74) is 1.81. The molecule has 0 saturated carbocycles. The van der Waals surface area contributed by atoms with Crippen molar-refractivity contribution in [2.24, 2.45) is 0 Å². The van der Waals surface area contributed by atoms with Gasteiger partial charge in [-0.05, 0) is 42.2 Å². The summed E-state index contributed by atoms with van der Waals surface area (Å²) in [7, 11) is 0. The minimum absolute atomic E-state index is 0.294. The van der Waals surface area contributed by atoms with E-state index in [0.29, 0.717) is 16.8 Å². The Balaban J connectivity index is 1.60. The van der Waals surface area contributed by atoms with E-state index in [0.717, 1.165) is 22.4 Å². The fraction of sp³-hybridized carbons (Fsp3) is 0.353. The average molecular weight is 431 g/mol. The molecule has 0 spiro atoms. The zero-order valence-corrected chi connectivity index (χ0v) is 17.0. The molecule has 0 saturated heterocycles. The van der Waals surface area contributed by atoms with E-state index in [1.807, 2.05) is 35.3 Å². The van der Waals surface area contributed by atoms with Crippen molar-refractivity contribution in [3.8, 4) is 0 Å². The van der Waals surface area contributed by atoms with Gasteiger partial charge in [0.1, 0.15) is 0 Å². The monoisotopic (exact) mass is 430 g/mol. The highest BCUT2D eigenvalue weighted by atomic mass is 79.9. The fourth-order valence-corrected chi connectivity index (χ4v) is 5.82. The summed E-state index contributed by atoms with van der Waals surface area (Å²) < 4.78 is 6.66. The van der Waals surface area contributed by atoms with E-state index in [1.165, 1.54) is 10.5 Å². The van der Waals surface area contributed by atoms with Crippen LogP contribution in [0.25, 0.3) is 0 Å². The van der Waals surface area contributed by atoms with Crippen LogP contribution in [0.2, 0.25) is 0 Å². The number of carbonyl (C=O) groups is 1. The van der Waals surface area contributed by atoms with Crippen LogP contribution in [0.4, 0.5) is 0 Å². The number of esters is 1. The van der Waals surface area contributed by atoms with Crippen LogP contribution in [-0.2, 0) is 9.53 Å². The molecule has 0 bridgehead atoms. The van der Waals surface area contributed by atoms with E-state index in [1.54, 1.807) is 6.92 Å². The third-order valence-electron chi connectivity index (χ3n) is 2.98. The van der Waals surface area contributed by atoms with Gasteiger partial charge < -0.3 is 4.74 Å². The molecule has 2 rings (SSSR count). The molecule has 1 unspecified atom stereocenters. The third kappa shape index (κ3) is 6.61. The molecule has 0 radical (unpaired) electrons. The van der Waals surface area contributed by atoms with E-state index in [-0.39, 0.29) is 5.97 Å². The van der Waals surface area contributed by atoms with Gasteiger partial charge in [-0.2, -0.15) is 11.8 Å². The minimum atomic E-state index is -0.294. The number of hydrogen-bond acceptors (Lipinski definition) is 5. The molecule has 0 N–H and O–H groups in total. The van der Waals surface area contributed by atoms with Crippen LogP contribution in [0, 0.1) is 0 Å². The van der Waals surface area contributed by atoms with E-state index >= 15 is 0 Å². The first-order valence-corrected chi connectivity index (χ1v) is 11.0. The Kier molecular flexibility index (Phi) is 8.16. The first-order chi connectivity index (χ1) is 11.1. The van der Waals surface area contributed by atoms with E-state index < -0.39 is 0 Å². The Morgan fingerprint density at radius 3 is 2.83 bits per heavy atom. The van der Waals surface area contributed by atoms with Crippen LogP contribution in [0.5, 0.6) is 0 Å². The Morgan fingerprint density at radius 2 is 2.13 bits per heavy atom. The first-order valence-electron chi connectivity index (χ1n) is 7.23. The molecule has 1 heterocycles. The highest BCUT2D eigenvalue weighted by molar-refractivity contribution is 9.10. The van der Waals surface area contributed by atoms with Crippen molar-refractivity contribution in [2.75, 3.05) is 18.1 Å². The van der Waals surface area contributed by atoms with Crippen molar-refractivity contribution in [2.45, 2.75) is 17.9 Å². The van der Waals surface area contributed by atoms with Gasteiger partial charge in [0.2, 0.25) is 0 Å². The van der Waals surface area contributed by atoms with Gasteiger partial charge in [0, 0.05) is 20.7 Å². The predicted octanol–water partition coefficient (Wildman–Crippen LogP) is 6.01. The van der Waals surface area contributed by atoms with Crippen molar-refractivity contribution in [1.29, 1.82) is 0 Å². The van der Waals surface area contributed by atoms with E-state index in [4.69, 9.17) is 4.74 Å². The lowest BCUT2D eigenvalue weighted by molar-refractivity contribution is -0.138. The zero-order valence-electron chi connectivity index (χ0n) is 12.9. The Bertz CT molecular complexity index is 584. The van der Waals surface area contributed by atoms with Crippen LogP contribution in [0.1, 0.15) is 23.5 Å². The van der Waals surface area contributed by atoms with Crippen molar-refractivity contribution >= 4 is 57.2 Å². The van der Waals surface area contributed by atoms with Gasteiger partial charge in [-0.3, -0.25) is 0 Å². The minimum Gasteiger partial charge on any atom is -0.462 e. The molecule has 1 aliphatic rings. The second-order valence-electron chi connectivity index (χ2n) is 5.04. The second kappa shape index (κ2) is 9.87. The lowest BCUT2D eigenvalue weighted by Crippen LogP contribution is -2.06. The van der Waals surface area contributed by atoms with Gasteiger partial charge in [-0.1, -0.05) is 34.6 Å². The molecule has 0 aromatic heterocycles. The molecular weight excluding hydrogens is 412 g/mol. The predicted molar refractivity (Wildman–Crippen MR) is 108 cm³/mol. The number of carbonyl (C=O) groups excluding carboxylic acids is 1. The van der Waals surface area contributed by atoms with Crippen molar-refractivity contribution in [3.05, 3.63) is 56.8 Å². The lowest BCUT2D eigenvalue weighted by Gasteiger charge is -2.09. The van der Waals surface area contributed by atoms with Gasteiger partial charge in [-0.25, -0.2) is 4.79 Å². The third-order valence-corrected chi connectivity index (χ3v) is 7.55. The normalized spacial score (nSPS) is 17.0. The zero-order chi connectivity index (χ0) is 16.7. The van der Waals surface area contributed by atoms with Crippen molar-refractivity contribution in [1.82, 2.24) is 0 Å². The maximum Gasteiger partial charge on any atom is 0.333 e. The summed E-state index contributed by atoms with van der Waals surface area (Å²) in [5, 5.41) is 2.27. The molecule has 1 aromatic rings. The summed E-state index contributed by atoms with van der Waals surface area (Å²) in [6.07, 6.45) is 0.880. The SMILES string of the molecule is C=C(C)C(=O)OCCCSCC1=CSC(c2ccc(Br)cc2)S1. The van der Waals surface area contributed by atoms with Crippen LogP contribution < -0.4 is 0 Å². The smallest absolute Gasteiger partial charge is 0.333 e. The lowest BCUT2D eigenvalue weighted by atomic mass is 10.2. The first kappa shape index (κ1) is 19.0. The molecule has 2 nitrogen and oxygen atoms in total. The van der Waals surface area contributed by atoms with Crippen LogP contribution >= 0.6 is 51.2 Å². The van der Waals surface area contributed by atoms with Crippen molar-refractivity contribution < 1.29 is 9.53 Å². The molecule has 1 atom stereocenters. The summed E-state index contributed by atoms with van der Waals surface area (Å²) >= 11 is 9.17. The van der Waals surface area contributed by atoms with Gasteiger partial charge >= 0.3 is 5.97 Å². The molecule has 23 heavy (non-hydrogen) atoms. The van der Waals surface area contributed by atoms with E-state index in [9.17, 15) is 4.79 Å². The standard InChI is InChI=1S/C17H19BrO2S3/c1-12(2)16(19)20-8-3-9-21-10-15-11-22-17(23-15)13-4-6-14(18)7-5-13/h4-7,11,17H,1,3,8-10H2,2H3. The van der Waals surface area contributed by atoms with Gasteiger partial charge in [0.05, 0.1) is 11.2 Å². The van der Waals surface area contributed by atoms with Gasteiger partial charge in [0.25, 0.3) is 0 Å². The number of ether oxygens (including phenoxy) is 1. The second-order valence-corrected chi connectivity index (χ2v) is 9.57. The van der Waals surface area contributed by atoms with Crippen LogP contribution in [-0.4, -0.2) is 24.1 Å². The molecular formula is C17H19BrO2S3. The number of halogens is 1. The quantitative estimate of drug-likeness (QED) is 0.285. The van der Waals surface area contributed by atoms with E-state index in [2.05, 4.69) is 52.2 Å². The topological polar surface area (TPSA) is 26.3 Å². The Hall–Kier alpha value is -0.300. The van der Waals surface area contributed by atoms with Crippen molar-refractivity contribution in [3.63, 3.8) is 0 Å². The summed E-state index contributed by atoms with van der Waals surface area (Å²) in [4.78, 5) is 12.7. The number of thioether (sulfide) groups is 3. The molecule has 124 valence electrons. The van der Waals surface area contributed by atoms with Crippen LogP contribution in [0.3, 0.4) is 0 Å². The summed E-state index contributed by atoms with van der Waals surface area (Å²) in [6, 6.07) is 8.54. The molecule has 0 fully saturated rings. The van der Waals surface area contributed by atoms with Gasteiger partial charge in [0.15, 0.2) is 0 Å². The summed E-state index contributed by atoms with van der Waals surface area (Å²) in [6.45, 7) is 5.70. The highest BCUT2D eigenvalue weighted by Crippen LogP contribution is 2.51. The maximum atomic E-state index is 11.2. The Morgan fingerprint density at radius 1 is 1.39 bits per heavy atom. The number of hydrogen-bond donors (Lipinski definition) is 0. The molecule has 1 aromatic carbocycles. The molecule has 6 heteroatoms. The highest BCUT2D eigenvalue weighted by Gasteiger charge is 2.20. The average Bonchev–Trinajstić information content (AvgIpc) is 3.00. The largest absolute Gasteiger partial charge is 0.462 e. The summed E-state index contributed by atoms with van der Waals surface area (Å²) in [5.74, 6) is 1.73. The number of benzene rings is 1. The molecule has 0 aliphatic carbocycles. The number of rotatable bonds is 8. The van der Waals surface area contributed by atoms with Gasteiger partial charge in [-0.15, -0.1) is 23.5 Å². The molecule has 1 aliphatic heterocycles. The maximum absolute atomic E-state index is 11.2. The Labute approximate surface area is 159 Å². The molecule has 0 amide bonds. The van der Waals surface area contributed by atoms with Crippen LogP contribution in [0.15, 0.2) is 51.2 Å².